The molecule has 0 radical (unpaired) electrons. The van der Waals surface area contributed by atoms with Gasteiger partial charge in [0.1, 0.15) is 17.8 Å². The standard InChI is InChI=1S/C11H17NO4.C2H6/c1-10(2,3)16-9(14)12-6-11(7-12)4-8(13)5-15-11;1-2/h4-7H2,1-3H3;1-2H3. The van der Waals surface area contributed by atoms with E-state index in [4.69, 9.17) is 9.47 Å². The summed E-state index contributed by atoms with van der Waals surface area (Å²) >= 11 is 0. The molecule has 0 atom stereocenters. The molecule has 18 heavy (non-hydrogen) atoms. The molecular formula is C13H23NO4. The molecule has 1 amide bonds. The van der Waals surface area contributed by atoms with Gasteiger partial charge < -0.3 is 14.4 Å². The SMILES string of the molecule is CC.CC(C)(C)OC(=O)N1CC2(CC(=O)CO2)C1. The van der Waals surface area contributed by atoms with Gasteiger partial charge in [0.15, 0.2) is 5.78 Å². The van der Waals surface area contributed by atoms with Crippen LogP contribution in [0.15, 0.2) is 0 Å². The van der Waals surface area contributed by atoms with Crippen molar-refractivity contribution in [1.82, 2.24) is 4.90 Å². The zero-order valence-electron chi connectivity index (χ0n) is 11.9. The van der Waals surface area contributed by atoms with Crippen LogP contribution in [0.2, 0.25) is 0 Å². The van der Waals surface area contributed by atoms with Crippen molar-refractivity contribution >= 4 is 11.9 Å². The molecule has 0 bridgehead atoms. The van der Waals surface area contributed by atoms with Crippen molar-refractivity contribution in [2.75, 3.05) is 19.7 Å². The van der Waals surface area contributed by atoms with Gasteiger partial charge in [-0.2, -0.15) is 0 Å². The molecule has 1 spiro atoms. The summed E-state index contributed by atoms with van der Waals surface area (Å²) in [6.45, 7) is 10.6. The Hall–Kier alpha value is -1.10. The first-order valence-corrected chi connectivity index (χ1v) is 6.43. The molecule has 5 heteroatoms. The first-order valence-electron chi connectivity index (χ1n) is 6.43. The lowest BCUT2D eigenvalue weighted by Gasteiger charge is -2.46. The van der Waals surface area contributed by atoms with E-state index >= 15 is 0 Å². The van der Waals surface area contributed by atoms with Gasteiger partial charge in [-0.15, -0.1) is 0 Å². The number of carbonyl (C=O) groups excluding carboxylic acids is 2. The Morgan fingerprint density at radius 2 is 1.89 bits per heavy atom. The zero-order chi connectivity index (χ0) is 14.0. The van der Waals surface area contributed by atoms with E-state index in [0.29, 0.717) is 19.5 Å². The second-order valence-electron chi connectivity index (χ2n) is 5.52. The normalized spacial score (nSPS) is 21.2. The summed E-state index contributed by atoms with van der Waals surface area (Å²) in [4.78, 5) is 24.3. The molecule has 0 aliphatic carbocycles. The Labute approximate surface area is 108 Å². The lowest BCUT2D eigenvalue weighted by molar-refractivity contribution is -0.118. The average molecular weight is 257 g/mol. The molecule has 0 aromatic rings. The van der Waals surface area contributed by atoms with Crippen LogP contribution in [0.1, 0.15) is 41.0 Å². The summed E-state index contributed by atoms with van der Waals surface area (Å²) in [5, 5.41) is 0. The van der Waals surface area contributed by atoms with Crippen LogP contribution >= 0.6 is 0 Å². The van der Waals surface area contributed by atoms with E-state index in [1.807, 2.05) is 34.6 Å². The number of rotatable bonds is 0. The summed E-state index contributed by atoms with van der Waals surface area (Å²) in [6, 6.07) is 0. The van der Waals surface area contributed by atoms with Gasteiger partial charge in [-0.05, 0) is 20.8 Å². The molecule has 0 aromatic carbocycles. The van der Waals surface area contributed by atoms with Gasteiger partial charge in [-0.3, -0.25) is 4.79 Å². The molecule has 5 nitrogen and oxygen atoms in total. The Kier molecular flexibility index (Phi) is 4.37. The monoisotopic (exact) mass is 257 g/mol. The third-order valence-electron chi connectivity index (χ3n) is 2.67. The van der Waals surface area contributed by atoms with Gasteiger partial charge in [0.25, 0.3) is 0 Å². The predicted octanol–water partition coefficient (Wildman–Crippen LogP) is 1.99. The highest BCUT2D eigenvalue weighted by Crippen LogP contribution is 2.34. The Morgan fingerprint density at radius 1 is 1.33 bits per heavy atom. The Bertz CT molecular complexity index is 326. The van der Waals surface area contributed by atoms with Gasteiger partial charge >= 0.3 is 6.09 Å². The largest absolute Gasteiger partial charge is 0.444 e. The van der Waals surface area contributed by atoms with Gasteiger partial charge in [0, 0.05) is 6.42 Å². The number of likely N-dealkylation sites (tertiary alicyclic amines) is 1. The number of hydrogen-bond acceptors (Lipinski definition) is 4. The van der Waals surface area contributed by atoms with Crippen LogP contribution in [0.5, 0.6) is 0 Å². The number of ether oxygens (including phenoxy) is 2. The summed E-state index contributed by atoms with van der Waals surface area (Å²) in [5.74, 6) is 0.115. The second kappa shape index (κ2) is 5.26. The van der Waals surface area contributed by atoms with Crippen molar-refractivity contribution in [3.63, 3.8) is 0 Å². The van der Waals surface area contributed by atoms with Crippen molar-refractivity contribution in [3.8, 4) is 0 Å². The third kappa shape index (κ3) is 3.45. The molecule has 0 saturated carbocycles. The summed E-state index contributed by atoms with van der Waals surface area (Å²) in [7, 11) is 0. The fourth-order valence-electron chi connectivity index (χ4n) is 2.00. The Morgan fingerprint density at radius 3 is 2.28 bits per heavy atom. The van der Waals surface area contributed by atoms with Gasteiger partial charge in [-0.25, -0.2) is 4.79 Å². The van der Waals surface area contributed by atoms with Gasteiger partial charge in [-0.1, -0.05) is 13.8 Å². The number of carbonyl (C=O) groups is 2. The van der Waals surface area contributed by atoms with E-state index in [1.165, 1.54) is 0 Å². The van der Waals surface area contributed by atoms with E-state index in [2.05, 4.69) is 0 Å². The van der Waals surface area contributed by atoms with E-state index in [0.717, 1.165) is 0 Å². The van der Waals surface area contributed by atoms with Crippen LogP contribution in [0.4, 0.5) is 4.79 Å². The molecule has 2 fully saturated rings. The molecule has 0 N–H and O–H groups in total. The smallest absolute Gasteiger partial charge is 0.410 e. The number of ketones is 1. The third-order valence-corrected chi connectivity index (χ3v) is 2.67. The summed E-state index contributed by atoms with van der Waals surface area (Å²) < 4.78 is 10.6. The average Bonchev–Trinajstić information content (AvgIpc) is 2.59. The maximum absolute atomic E-state index is 11.6. The van der Waals surface area contributed by atoms with Crippen molar-refractivity contribution in [2.24, 2.45) is 0 Å². The molecule has 104 valence electrons. The van der Waals surface area contributed by atoms with E-state index in [-0.39, 0.29) is 18.5 Å². The quantitative estimate of drug-likeness (QED) is 0.666. The molecule has 2 heterocycles. The summed E-state index contributed by atoms with van der Waals surface area (Å²) in [6.07, 6.45) is 0.0906. The van der Waals surface area contributed by atoms with Crippen LogP contribution in [-0.2, 0) is 14.3 Å². The van der Waals surface area contributed by atoms with Crippen LogP contribution < -0.4 is 0 Å². The van der Waals surface area contributed by atoms with Crippen molar-refractivity contribution in [3.05, 3.63) is 0 Å². The molecule has 0 aromatic heterocycles. The Balaban J connectivity index is 0.000000771. The number of nitrogens with zero attached hydrogens (tertiary/aromatic N) is 1. The molecular weight excluding hydrogens is 234 g/mol. The first-order chi connectivity index (χ1) is 8.30. The molecule has 2 aliphatic rings. The van der Waals surface area contributed by atoms with Crippen LogP contribution in [0, 0.1) is 0 Å². The van der Waals surface area contributed by atoms with Crippen LogP contribution in [0.25, 0.3) is 0 Å². The number of hydrogen-bond donors (Lipinski definition) is 0. The lowest BCUT2D eigenvalue weighted by Crippen LogP contribution is -2.63. The highest BCUT2D eigenvalue weighted by Gasteiger charge is 2.52. The van der Waals surface area contributed by atoms with E-state index in [1.54, 1.807) is 4.90 Å². The lowest BCUT2D eigenvalue weighted by atomic mass is 9.91. The van der Waals surface area contributed by atoms with Gasteiger partial charge in [0.05, 0.1) is 13.1 Å². The van der Waals surface area contributed by atoms with Crippen molar-refractivity contribution in [2.45, 2.75) is 52.2 Å². The topological polar surface area (TPSA) is 55.8 Å². The zero-order valence-corrected chi connectivity index (χ0v) is 11.9. The highest BCUT2D eigenvalue weighted by molar-refractivity contribution is 5.83. The fourth-order valence-corrected chi connectivity index (χ4v) is 2.00. The van der Waals surface area contributed by atoms with Crippen molar-refractivity contribution in [1.29, 1.82) is 0 Å². The molecule has 2 aliphatic heterocycles. The molecule has 0 unspecified atom stereocenters. The fraction of sp³-hybridized carbons (Fsp3) is 0.846. The first kappa shape index (κ1) is 15.0. The molecule has 2 rings (SSSR count). The minimum absolute atomic E-state index is 0.115. The van der Waals surface area contributed by atoms with Crippen LogP contribution in [-0.4, -0.2) is 47.7 Å². The maximum atomic E-state index is 11.6. The minimum atomic E-state index is -0.480. The maximum Gasteiger partial charge on any atom is 0.410 e. The number of Topliss-reactive ketones (excluding diaryl/α,β-unsaturated/α-hetero) is 1. The van der Waals surface area contributed by atoms with Gasteiger partial charge in [0.2, 0.25) is 0 Å². The van der Waals surface area contributed by atoms with E-state index in [9.17, 15) is 9.59 Å². The second-order valence-corrected chi connectivity index (χ2v) is 5.52. The number of amides is 1. The highest BCUT2D eigenvalue weighted by atomic mass is 16.6. The predicted molar refractivity (Wildman–Crippen MR) is 67.5 cm³/mol. The summed E-state index contributed by atoms with van der Waals surface area (Å²) in [5.41, 5.74) is -0.889. The van der Waals surface area contributed by atoms with Crippen LogP contribution in [0.3, 0.4) is 0 Å². The minimum Gasteiger partial charge on any atom is -0.444 e. The molecule has 2 saturated heterocycles. The van der Waals surface area contributed by atoms with Crippen molar-refractivity contribution < 1.29 is 19.1 Å². The van der Waals surface area contributed by atoms with E-state index < -0.39 is 11.2 Å².